The number of nitrogens with zero attached hydrogens (tertiary/aromatic N) is 2. The SMILES string of the molecule is Cc1ccc(/C=C/C(=O)N(C)CCC#N)cc1. The second-order valence-corrected chi connectivity index (χ2v) is 3.91. The highest BCUT2D eigenvalue weighted by atomic mass is 16.2. The van der Waals surface area contributed by atoms with E-state index in [2.05, 4.69) is 0 Å². The van der Waals surface area contributed by atoms with Crippen LogP contribution in [0.1, 0.15) is 17.5 Å². The molecule has 17 heavy (non-hydrogen) atoms. The summed E-state index contributed by atoms with van der Waals surface area (Å²) in [6.45, 7) is 2.49. The summed E-state index contributed by atoms with van der Waals surface area (Å²) in [6, 6.07) is 9.96. The first-order valence-corrected chi connectivity index (χ1v) is 5.50. The van der Waals surface area contributed by atoms with Gasteiger partial charge in [0.1, 0.15) is 0 Å². The molecule has 0 bridgehead atoms. The van der Waals surface area contributed by atoms with Crippen LogP contribution in [0.15, 0.2) is 30.3 Å². The van der Waals surface area contributed by atoms with E-state index in [1.807, 2.05) is 37.3 Å². The zero-order valence-electron chi connectivity index (χ0n) is 10.2. The Morgan fingerprint density at radius 3 is 2.65 bits per heavy atom. The molecule has 1 rings (SSSR count). The number of nitriles is 1. The number of benzene rings is 1. The van der Waals surface area contributed by atoms with Crippen molar-refractivity contribution in [3.05, 3.63) is 41.5 Å². The molecular weight excluding hydrogens is 212 g/mol. The van der Waals surface area contributed by atoms with Crippen molar-refractivity contribution in [1.29, 1.82) is 5.26 Å². The Balaban J connectivity index is 2.56. The van der Waals surface area contributed by atoms with E-state index >= 15 is 0 Å². The molecule has 0 aromatic heterocycles. The summed E-state index contributed by atoms with van der Waals surface area (Å²) in [7, 11) is 1.69. The van der Waals surface area contributed by atoms with Gasteiger partial charge in [-0.2, -0.15) is 5.26 Å². The van der Waals surface area contributed by atoms with Gasteiger partial charge in [0.05, 0.1) is 12.5 Å². The second kappa shape index (κ2) is 6.49. The van der Waals surface area contributed by atoms with Crippen LogP contribution in [0, 0.1) is 18.3 Å². The molecule has 0 spiro atoms. The predicted molar refractivity (Wildman–Crippen MR) is 68.1 cm³/mol. The third kappa shape index (κ3) is 4.52. The lowest BCUT2D eigenvalue weighted by atomic mass is 10.1. The first kappa shape index (κ1) is 13.0. The third-order valence-electron chi connectivity index (χ3n) is 2.43. The van der Waals surface area contributed by atoms with E-state index in [-0.39, 0.29) is 5.91 Å². The minimum atomic E-state index is -0.0826. The number of carbonyl (C=O) groups is 1. The largest absolute Gasteiger partial charge is 0.341 e. The lowest BCUT2D eigenvalue weighted by molar-refractivity contribution is -0.124. The molecule has 88 valence electrons. The summed E-state index contributed by atoms with van der Waals surface area (Å²) in [5.41, 5.74) is 2.19. The van der Waals surface area contributed by atoms with Crippen LogP contribution in [0.5, 0.6) is 0 Å². The van der Waals surface area contributed by atoms with Gasteiger partial charge in [-0.3, -0.25) is 4.79 Å². The van der Waals surface area contributed by atoms with Crippen LogP contribution in [0.4, 0.5) is 0 Å². The van der Waals surface area contributed by atoms with Gasteiger partial charge in [-0.15, -0.1) is 0 Å². The van der Waals surface area contributed by atoms with Gasteiger partial charge >= 0.3 is 0 Å². The average Bonchev–Trinajstić information content (AvgIpc) is 2.34. The Kier molecular flexibility index (Phi) is 4.96. The fourth-order valence-corrected chi connectivity index (χ4v) is 1.30. The van der Waals surface area contributed by atoms with Gasteiger partial charge in [0.15, 0.2) is 0 Å². The van der Waals surface area contributed by atoms with Crippen molar-refractivity contribution < 1.29 is 4.79 Å². The van der Waals surface area contributed by atoms with E-state index in [0.717, 1.165) is 5.56 Å². The molecule has 0 radical (unpaired) electrons. The maximum atomic E-state index is 11.6. The van der Waals surface area contributed by atoms with Crippen molar-refractivity contribution in [2.24, 2.45) is 0 Å². The number of carbonyl (C=O) groups excluding carboxylic acids is 1. The van der Waals surface area contributed by atoms with Crippen molar-refractivity contribution in [2.45, 2.75) is 13.3 Å². The molecule has 0 aliphatic carbocycles. The molecule has 1 aromatic carbocycles. The highest BCUT2D eigenvalue weighted by Crippen LogP contribution is 2.05. The highest BCUT2D eigenvalue weighted by Gasteiger charge is 2.03. The van der Waals surface area contributed by atoms with Crippen molar-refractivity contribution >= 4 is 12.0 Å². The van der Waals surface area contributed by atoms with Gasteiger partial charge in [-0.1, -0.05) is 29.8 Å². The van der Waals surface area contributed by atoms with E-state index in [4.69, 9.17) is 5.26 Å². The summed E-state index contributed by atoms with van der Waals surface area (Å²) in [6.07, 6.45) is 3.67. The summed E-state index contributed by atoms with van der Waals surface area (Å²) in [5, 5.41) is 8.42. The number of aryl methyl sites for hydroxylation is 1. The van der Waals surface area contributed by atoms with Gasteiger partial charge in [0, 0.05) is 19.7 Å². The van der Waals surface area contributed by atoms with E-state index < -0.39 is 0 Å². The molecule has 0 aliphatic rings. The Bertz CT molecular complexity index is 440. The predicted octanol–water partition coefficient (Wildman–Crippen LogP) is 2.38. The van der Waals surface area contributed by atoms with Gasteiger partial charge in [0.25, 0.3) is 0 Å². The number of hydrogen-bond acceptors (Lipinski definition) is 2. The molecule has 0 heterocycles. The zero-order chi connectivity index (χ0) is 12.7. The fourth-order valence-electron chi connectivity index (χ4n) is 1.30. The lowest BCUT2D eigenvalue weighted by Crippen LogP contribution is -2.25. The Hall–Kier alpha value is -2.08. The highest BCUT2D eigenvalue weighted by molar-refractivity contribution is 5.91. The maximum absolute atomic E-state index is 11.6. The van der Waals surface area contributed by atoms with Crippen molar-refractivity contribution in [1.82, 2.24) is 4.90 Å². The summed E-state index contributed by atoms with van der Waals surface area (Å²) in [4.78, 5) is 13.2. The molecule has 0 fully saturated rings. The molecule has 0 unspecified atom stereocenters. The average molecular weight is 228 g/mol. The molecule has 0 saturated heterocycles. The van der Waals surface area contributed by atoms with Gasteiger partial charge in [-0.05, 0) is 18.6 Å². The standard InChI is InChI=1S/C14H16N2O/c1-12-4-6-13(7-5-12)8-9-14(17)16(2)11-3-10-15/h4-9H,3,11H2,1-2H3/b9-8+. The first-order chi connectivity index (χ1) is 8.13. The quantitative estimate of drug-likeness (QED) is 0.743. The Morgan fingerprint density at radius 1 is 1.41 bits per heavy atom. The Morgan fingerprint density at radius 2 is 2.06 bits per heavy atom. The van der Waals surface area contributed by atoms with Crippen molar-refractivity contribution in [2.75, 3.05) is 13.6 Å². The van der Waals surface area contributed by atoms with Crippen molar-refractivity contribution in [3.63, 3.8) is 0 Å². The molecule has 3 nitrogen and oxygen atoms in total. The topological polar surface area (TPSA) is 44.1 Å². The molecular formula is C14H16N2O. The number of likely N-dealkylation sites (N-methyl/N-ethyl adjacent to an activating group) is 1. The molecule has 0 saturated carbocycles. The minimum absolute atomic E-state index is 0.0826. The van der Waals surface area contributed by atoms with Crippen molar-refractivity contribution in [3.8, 4) is 6.07 Å². The number of hydrogen-bond donors (Lipinski definition) is 0. The maximum Gasteiger partial charge on any atom is 0.246 e. The summed E-state index contributed by atoms with van der Waals surface area (Å²) in [5.74, 6) is -0.0826. The summed E-state index contributed by atoms with van der Waals surface area (Å²) >= 11 is 0. The van der Waals surface area contributed by atoms with Crippen LogP contribution in [-0.2, 0) is 4.79 Å². The van der Waals surface area contributed by atoms with Crippen LogP contribution in [0.25, 0.3) is 6.08 Å². The Labute approximate surface area is 102 Å². The lowest BCUT2D eigenvalue weighted by Gasteiger charge is -2.12. The molecule has 0 aliphatic heterocycles. The zero-order valence-corrected chi connectivity index (χ0v) is 10.2. The van der Waals surface area contributed by atoms with Crippen LogP contribution in [0.2, 0.25) is 0 Å². The number of rotatable bonds is 4. The van der Waals surface area contributed by atoms with Gasteiger partial charge in [-0.25, -0.2) is 0 Å². The van der Waals surface area contributed by atoms with Crippen LogP contribution >= 0.6 is 0 Å². The van der Waals surface area contributed by atoms with Crippen LogP contribution in [0.3, 0.4) is 0 Å². The van der Waals surface area contributed by atoms with E-state index in [1.54, 1.807) is 13.1 Å². The normalized spacial score (nSPS) is 10.2. The summed E-state index contributed by atoms with van der Waals surface area (Å²) < 4.78 is 0. The molecule has 1 aromatic rings. The van der Waals surface area contributed by atoms with Crippen LogP contribution < -0.4 is 0 Å². The monoisotopic (exact) mass is 228 g/mol. The van der Waals surface area contributed by atoms with E-state index in [0.29, 0.717) is 13.0 Å². The molecule has 0 atom stereocenters. The van der Waals surface area contributed by atoms with E-state index in [9.17, 15) is 4.79 Å². The van der Waals surface area contributed by atoms with Gasteiger partial charge < -0.3 is 4.90 Å². The molecule has 3 heteroatoms. The van der Waals surface area contributed by atoms with Gasteiger partial charge in [0.2, 0.25) is 5.91 Å². The first-order valence-electron chi connectivity index (χ1n) is 5.50. The smallest absolute Gasteiger partial charge is 0.246 e. The second-order valence-electron chi connectivity index (χ2n) is 3.91. The van der Waals surface area contributed by atoms with Crippen LogP contribution in [-0.4, -0.2) is 24.4 Å². The minimum Gasteiger partial charge on any atom is -0.341 e. The molecule has 1 amide bonds. The van der Waals surface area contributed by atoms with E-state index in [1.165, 1.54) is 16.5 Å². The third-order valence-corrected chi connectivity index (χ3v) is 2.43. The fraction of sp³-hybridized carbons (Fsp3) is 0.286. The molecule has 0 N–H and O–H groups in total. The number of amides is 1.